The Hall–Kier alpha value is -2.91. The Kier molecular flexibility index (Phi) is 7.20. The molecule has 0 amide bonds. The van der Waals surface area contributed by atoms with Gasteiger partial charge in [0, 0.05) is 6.42 Å². The molecule has 9 heteroatoms. The molecule has 2 heterocycles. The van der Waals surface area contributed by atoms with Crippen LogP contribution in [-0.2, 0) is 14.2 Å². The summed E-state index contributed by atoms with van der Waals surface area (Å²) < 4.78 is 32.3. The van der Waals surface area contributed by atoms with E-state index in [1.165, 1.54) is 20.3 Å². The van der Waals surface area contributed by atoms with Crippen LogP contribution in [0.5, 0.6) is 23.5 Å². The van der Waals surface area contributed by atoms with Gasteiger partial charge >= 0.3 is 12.0 Å². The molecule has 0 unspecified atom stereocenters. The number of aromatic nitrogens is 2. The van der Waals surface area contributed by atoms with Gasteiger partial charge < -0.3 is 28.4 Å². The number of carbonyl (C=O) groups is 1. The van der Waals surface area contributed by atoms with Crippen molar-refractivity contribution in [2.75, 3.05) is 34.0 Å². The molecule has 156 valence electrons. The first-order valence-electron chi connectivity index (χ1n) is 9.25. The van der Waals surface area contributed by atoms with Gasteiger partial charge in [-0.3, -0.25) is 0 Å². The third-order valence-electron chi connectivity index (χ3n) is 4.20. The monoisotopic (exact) mass is 404 g/mol. The Bertz CT molecular complexity index is 815. The molecule has 1 aliphatic heterocycles. The molecular weight excluding hydrogens is 380 g/mol. The van der Waals surface area contributed by atoms with E-state index >= 15 is 0 Å². The van der Waals surface area contributed by atoms with Crippen molar-refractivity contribution in [1.82, 2.24) is 9.97 Å². The van der Waals surface area contributed by atoms with Gasteiger partial charge in [-0.1, -0.05) is 12.1 Å². The van der Waals surface area contributed by atoms with Crippen molar-refractivity contribution in [3.8, 4) is 23.5 Å². The Morgan fingerprint density at radius 1 is 1.14 bits per heavy atom. The van der Waals surface area contributed by atoms with E-state index < -0.39 is 5.97 Å². The molecule has 0 spiro atoms. The summed E-state index contributed by atoms with van der Waals surface area (Å²) in [5, 5.41) is 0. The zero-order chi connectivity index (χ0) is 20.6. The van der Waals surface area contributed by atoms with Gasteiger partial charge in [-0.05, 0) is 25.0 Å². The molecule has 1 fully saturated rings. The van der Waals surface area contributed by atoms with E-state index in [-0.39, 0.29) is 36.4 Å². The second-order valence-electron chi connectivity index (χ2n) is 6.23. The second-order valence-corrected chi connectivity index (χ2v) is 6.23. The molecule has 2 aromatic rings. The lowest BCUT2D eigenvalue weighted by Crippen LogP contribution is -2.26. The third kappa shape index (κ3) is 5.55. The number of hydrogen-bond donors (Lipinski definition) is 0. The molecule has 1 aliphatic rings. The van der Waals surface area contributed by atoms with Crippen LogP contribution in [0.15, 0.2) is 24.3 Å². The minimum absolute atomic E-state index is 0.00939. The number of benzene rings is 1. The van der Waals surface area contributed by atoms with Gasteiger partial charge in [-0.15, -0.1) is 0 Å². The number of carbonyl (C=O) groups excluding carboxylic acids is 1. The lowest BCUT2D eigenvalue weighted by Gasteiger charge is -2.23. The molecule has 0 radical (unpaired) electrons. The van der Waals surface area contributed by atoms with Gasteiger partial charge in [0.05, 0.1) is 40.1 Å². The first-order valence-corrected chi connectivity index (χ1v) is 9.25. The maximum Gasteiger partial charge on any atom is 0.342 e. The topological polar surface area (TPSA) is 98.2 Å². The van der Waals surface area contributed by atoms with Crippen molar-refractivity contribution in [3.05, 3.63) is 35.4 Å². The van der Waals surface area contributed by atoms with E-state index in [0.29, 0.717) is 30.8 Å². The van der Waals surface area contributed by atoms with Crippen LogP contribution in [0, 0.1) is 6.92 Å². The predicted molar refractivity (Wildman–Crippen MR) is 102 cm³/mol. The minimum atomic E-state index is -0.510. The molecule has 0 saturated carbocycles. The van der Waals surface area contributed by atoms with E-state index in [0.717, 1.165) is 6.42 Å². The van der Waals surface area contributed by atoms with E-state index in [2.05, 4.69) is 9.97 Å². The molecule has 9 nitrogen and oxygen atoms in total. The maximum absolute atomic E-state index is 12.7. The number of nitrogens with zero attached hydrogens (tertiary/aromatic N) is 2. The largest absolute Gasteiger partial charge is 0.481 e. The van der Waals surface area contributed by atoms with E-state index in [1.807, 2.05) is 0 Å². The fourth-order valence-electron chi connectivity index (χ4n) is 2.75. The number of aryl methyl sites for hydroxylation is 1. The maximum atomic E-state index is 12.7. The Labute approximate surface area is 168 Å². The van der Waals surface area contributed by atoms with Gasteiger partial charge in [-0.2, -0.15) is 9.97 Å². The number of esters is 1. The zero-order valence-corrected chi connectivity index (χ0v) is 16.7. The third-order valence-corrected chi connectivity index (χ3v) is 4.20. The summed E-state index contributed by atoms with van der Waals surface area (Å²) in [4.78, 5) is 20.9. The first kappa shape index (κ1) is 20.8. The Morgan fingerprint density at radius 3 is 2.48 bits per heavy atom. The number of ether oxygens (including phenoxy) is 6. The Morgan fingerprint density at radius 2 is 1.83 bits per heavy atom. The highest BCUT2D eigenvalue weighted by molar-refractivity contribution is 5.94. The number of rotatable bonds is 8. The predicted octanol–water partition coefficient (Wildman–Crippen LogP) is 2.90. The van der Waals surface area contributed by atoms with Gasteiger partial charge in [0.2, 0.25) is 11.8 Å². The SMILES string of the molecule is COc1cc(OC)nc(Oc2cccc(C)c2C(=O)OCCC2OCCCO2)n1. The van der Waals surface area contributed by atoms with E-state index in [4.69, 9.17) is 28.4 Å². The van der Waals surface area contributed by atoms with Gasteiger partial charge in [0.1, 0.15) is 11.3 Å². The minimum Gasteiger partial charge on any atom is -0.481 e. The molecule has 0 atom stereocenters. The quantitative estimate of drug-likeness (QED) is 0.615. The normalized spacial score (nSPS) is 14.3. The standard InChI is InChI=1S/C20H24N2O7/c1-13-6-4-7-14(29-20-21-15(24-2)12-16(22-20)25-3)18(13)19(23)28-11-8-17-26-9-5-10-27-17/h4,6-7,12,17H,5,8-11H2,1-3H3. The van der Waals surface area contributed by atoms with Crippen LogP contribution < -0.4 is 14.2 Å². The van der Waals surface area contributed by atoms with Crippen LogP contribution in [0.1, 0.15) is 28.8 Å². The summed E-state index contributed by atoms with van der Waals surface area (Å²) >= 11 is 0. The van der Waals surface area contributed by atoms with Crippen LogP contribution >= 0.6 is 0 Å². The van der Waals surface area contributed by atoms with Crippen LogP contribution in [0.3, 0.4) is 0 Å². The first-order chi connectivity index (χ1) is 14.1. The molecule has 0 bridgehead atoms. The summed E-state index contributed by atoms with van der Waals surface area (Å²) in [5.74, 6) is 0.312. The lowest BCUT2D eigenvalue weighted by molar-refractivity contribution is -0.184. The van der Waals surface area contributed by atoms with Crippen LogP contribution in [-0.4, -0.2) is 56.3 Å². The van der Waals surface area contributed by atoms with Crippen LogP contribution in [0.25, 0.3) is 0 Å². The summed E-state index contributed by atoms with van der Waals surface area (Å²) in [5.41, 5.74) is 0.996. The van der Waals surface area contributed by atoms with E-state index in [1.54, 1.807) is 25.1 Å². The number of methoxy groups -OCH3 is 2. The highest BCUT2D eigenvalue weighted by Crippen LogP contribution is 2.29. The van der Waals surface area contributed by atoms with Crippen molar-refractivity contribution in [3.63, 3.8) is 0 Å². The van der Waals surface area contributed by atoms with Gasteiger partial charge in [-0.25, -0.2) is 4.79 Å². The smallest absolute Gasteiger partial charge is 0.342 e. The van der Waals surface area contributed by atoms with Crippen LogP contribution in [0.2, 0.25) is 0 Å². The lowest BCUT2D eigenvalue weighted by atomic mass is 10.1. The number of hydrogen-bond acceptors (Lipinski definition) is 9. The average molecular weight is 404 g/mol. The van der Waals surface area contributed by atoms with Crippen molar-refractivity contribution < 1.29 is 33.2 Å². The molecule has 3 rings (SSSR count). The highest BCUT2D eigenvalue weighted by atomic mass is 16.7. The average Bonchev–Trinajstić information content (AvgIpc) is 2.74. The molecule has 1 aromatic carbocycles. The fraction of sp³-hybridized carbons (Fsp3) is 0.450. The zero-order valence-electron chi connectivity index (χ0n) is 16.7. The highest BCUT2D eigenvalue weighted by Gasteiger charge is 2.21. The molecule has 1 aromatic heterocycles. The summed E-state index contributed by atoms with van der Waals surface area (Å²) in [6.45, 7) is 3.27. The van der Waals surface area contributed by atoms with Gasteiger partial charge in [0.15, 0.2) is 6.29 Å². The molecule has 1 saturated heterocycles. The second kappa shape index (κ2) is 10.0. The molecule has 29 heavy (non-hydrogen) atoms. The van der Waals surface area contributed by atoms with Crippen molar-refractivity contribution in [2.45, 2.75) is 26.1 Å². The van der Waals surface area contributed by atoms with Crippen molar-refractivity contribution in [1.29, 1.82) is 0 Å². The van der Waals surface area contributed by atoms with Crippen molar-refractivity contribution >= 4 is 5.97 Å². The van der Waals surface area contributed by atoms with Crippen LogP contribution in [0.4, 0.5) is 0 Å². The van der Waals surface area contributed by atoms with Crippen molar-refractivity contribution in [2.24, 2.45) is 0 Å². The summed E-state index contributed by atoms with van der Waals surface area (Å²) in [7, 11) is 2.95. The van der Waals surface area contributed by atoms with E-state index in [9.17, 15) is 4.79 Å². The van der Waals surface area contributed by atoms with Gasteiger partial charge in [0.25, 0.3) is 0 Å². The Balaban J connectivity index is 1.72. The fourth-order valence-corrected chi connectivity index (χ4v) is 2.75. The summed E-state index contributed by atoms with van der Waals surface area (Å²) in [6, 6.07) is 6.72. The molecular formula is C20H24N2O7. The summed E-state index contributed by atoms with van der Waals surface area (Å²) in [6.07, 6.45) is 0.989. The molecule has 0 aliphatic carbocycles. The molecule has 0 N–H and O–H groups in total.